The molecule has 3 aromatic rings. The van der Waals surface area contributed by atoms with Crippen molar-refractivity contribution in [3.63, 3.8) is 0 Å². The lowest BCUT2D eigenvalue weighted by Crippen LogP contribution is -2.03. The van der Waals surface area contributed by atoms with Gasteiger partial charge in [0.15, 0.2) is 5.82 Å². The first kappa shape index (κ1) is 13.1. The second-order valence-corrected chi connectivity index (χ2v) is 4.71. The Bertz CT molecular complexity index is 708. The molecule has 3 N–H and O–H groups in total. The van der Waals surface area contributed by atoms with E-state index in [-0.39, 0.29) is 0 Å². The van der Waals surface area contributed by atoms with E-state index in [2.05, 4.69) is 15.3 Å². The minimum atomic E-state index is 0.653. The van der Waals surface area contributed by atoms with Crippen molar-refractivity contribution >= 4 is 11.4 Å². The number of anilines is 2. The molecule has 104 valence electrons. The monoisotopic (exact) mass is 276 g/mol. The summed E-state index contributed by atoms with van der Waals surface area (Å²) < 4.78 is 0. The Morgan fingerprint density at radius 1 is 0.857 bits per heavy atom. The zero-order chi connectivity index (χ0) is 14.5. The van der Waals surface area contributed by atoms with Gasteiger partial charge in [-0.15, -0.1) is 0 Å². The van der Waals surface area contributed by atoms with Gasteiger partial charge in [0, 0.05) is 17.8 Å². The molecule has 0 saturated carbocycles. The highest BCUT2D eigenvalue weighted by Crippen LogP contribution is 2.16. The molecule has 0 aliphatic heterocycles. The lowest BCUT2D eigenvalue weighted by atomic mass is 10.2. The number of hydrogen-bond acceptors (Lipinski definition) is 4. The molecule has 0 spiro atoms. The fourth-order valence-corrected chi connectivity index (χ4v) is 2.05. The van der Waals surface area contributed by atoms with Crippen LogP contribution in [0.15, 0.2) is 67.0 Å². The van der Waals surface area contributed by atoms with E-state index >= 15 is 0 Å². The molecular weight excluding hydrogens is 260 g/mol. The quantitative estimate of drug-likeness (QED) is 0.717. The Morgan fingerprint density at radius 2 is 1.52 bits per heavy atom. The minimum Gasteiger partial charge on any atom is -0.398 e. The smallest absolute Gasteiger partial charge is 0.159 e. The maximum absolute atomic E-state index is 5.91. The van der Waals surface area contributed by atoms with Crippen molar-refractivity contribution in [1.29, 1.82) is 0 Å². The Labute approximate surface area is 123 Å². The van der Waals surface area contributed by atoms with Gasteiger partial charge in [0.25, 0.3) is 0 Å². The van der Waals surface area contributed by atoms with Crippen LogP contribution in [0.25, 0.3) is 11.4 Å². The maximum Gasteiger partial charge on any atom is 0.159 e. The number of para-hydroxylation sites is 1. The van der Waals surface area contributed by atoms with E-state index in [1.54, 1.807) is 12.4 Å². The molecule has 0 unspecified atom stereocenters. The number of nitrogens with two attached hydrogens (primary N) is 1. The van der Waals surface area contributed by atoms with Crippen LogP contribution in [0.4, 0.5) is 11.4 Å². The van der Waals surface area contributed by atoms with Gasteiger partial charge in [0.1, 0.15) is 0 Å². The number of rotatable bonds is 4. The Kier molecular flexibility index (Phi) is 3.78. The third-order valence-electron chi connectivity index (χ3n) is 3.22. The van der Waals surface area contributed by atoms with Gasteiger partial charge in [-0.05, 0) is 11.6 Å². The van der Waals surface area contributed by atoms with Crippen LogP contribution >= 0.6 is 0 Å². The van der Waals surface area contributed by atoms with Crippen LogP contribution in [0.1, 0.15) is 5.56 Å². The molecule has 0 radical (unpaired) electrons. The van der Waals surface area contributed by atoms with Crippen molar-refractivity contribution in [3.8, 4) is 11.4 Å². The standard InChI is InChI=1S/C17H16N4/c18-16-9-5-4-8-14(16)10-19-15-11-20-17(21-12-15)13-6-2-1-3-7-13/h1-9,11-12,19H,10,18H2. The van der Waals surface area contributed by atoms with Crippen LogP contribution in [0, 0.1) is 0 Å². The zero-order valence-corrected chi connectivity index (χ0v) is 11.5. The summed E-state index contributed by atoms with van der Waals surface area (Å²) in [6.45, 7) is 0.653. The SMILES string of the molecule is Nc1ccccc1CNc1cnc(-c2ccccc2)nc1. The van der Waals surface area contributed by atoms with Gasteiger partial charge in [-0.25, -0.2) is 9.97 Å². The number of benzene rings is 2. The molecular formula is C17H16N4. The van der Waals surface area contributed by atoms with Gasteiger partial charge < -0.3 is 11.1 Å². The molecule has 4 nitrogen and oxygen atoms in total. The number of nitrogens with zero attached hydrogens (tertiary/aromatic N) is 2. The number of nitrogen functional groups attached to an aromatic ring is 1. The third-order valence-corrected chi connectivity index (χ3v) is 3.22. The van der Waals surface area contributed by atoms with Crippen LogP contribution in [0.2, 0.25) is 0 Å². The molecule has 3 rings (SSSR count). The predicted octanol–water partition coefficient (Wildman–Crippen LogP) is 3.34. The molecule has 0 bridgehead atoms. The molecule has 0 amide bonds. The topological polar surface area (TPSA) is 63.8 Å². The predicted molar refractivity (Wildman–Crippen MR) is 85.6 cm³/mol. The van der Waals surface area contributed by atoms with Crippen LogP contribution < -0.4 is 11.1 Å². The van der Waals surface area contributed by atoms with Crippen molar-refractivity contribution in [3.05, 3.63) is 72.6 Å². The molecule has 4 heteroatoms. The van der Waals surface area contributed by atoms with Gasteiger partial charge in [0.05, 0.1) is 18.1 Å². The van der Waals surface area contributed by atoms with Gasteiger partial charge in [0.2, 0.25) is 0 Å². The summed E-state index contributed by atoms with van der Waals surface area (Å²) in [5.74, 6) is 0.723. The van der Waals surface area contributed by atoms with Crippen molar-refractivity contribution in [2.24, 2.45) is 0 Å². The average Bonchev–Trinajstić information content (AvgIpc) is 2.55. The lowest BCUT2D eigenvalue weighted by Gasteiger charge is -2.08. The van der Waals surface area contributed by atoms with Crippen molar-refractivity contribution in [1.82, 2.24) is 9.97 Å². The van der Waals surface area contributed by atoms with Gasteiger partial charge in [-0.3, -0.25) is 0 Å². The van der Waals surface area contributed by atoms with E-state index < -0.39 is 0 Å². The number of hydrogen-bond donors (Lipinski definition) is 2. The Balaban J connectivity index is 1.69. The maximum atomic E-state index is 5.91. The van der Waals surface area contributed by atoms with E-state index in [4.69, 9.17) is 5.73 Å². The molecule has 1 heterocycles. The highest BCUT2D eigenvalue weighted by atomic mass is 14.9. The first-order valence-electron chi connectivity index (χ1n) is 6.77. The molecule has 0 aliphatic carbocycles. The highest BCUT2D eigenvalue weighted by Gasteiger charge is 2.01. The van der Waals surface area contributed by atoms with Crippen molar-refractivity contribution in [2.45, 2.75) is 6.54 Å². The first-order chi connectivity index (χ1) is 10.3. The summed E-state index contributed by atoms with van der Waals surface area (Å²) in [5.41, 5.74) is 9.64. The molecule has 2 aromatic carbocycles. The van der Waals surface area contributed by atoms with Crippen LogP contribution in [-0.4, -0.2) is 9.97 Å². The van der Waals surface area contributed by atoms with E-state index in [1.165, 1.54) is 0 Å². The fraction of sp³-hybridized carbons (Fsp3) is 0.0588. The van der Waals surface area contributed by atoms with Gasteiger partial charge in [-0.2, -0.15) is 0 Å². The fourth-order valence-electron chi connectivity index (χ4n) is 2.05. The molecule has 0 aliphatic rings. The van der Waals surface area contributed by atoms with Crippen molar-refractivity contribution < 1.29 is 0 Å². The van der Waals surface area contributed by atoms with E-state index in [1.807, 2.05) is 54.6 Å². The number of aromatic nitrogens is 2. The second-order valence-electron chi connectivity index (χ2n) is 4.71. The Morgan fingerprint density at radius 3 is 2.24 bits per heavy atom. The molecule has 1 aromatic heterocycles. The minimum absolute atomic E-state index is 0.653. The number of nitrogens with one attached hydrogen (secondary N) is 1. The lowest BCUT2D eigenvalue weighted by molar-refractivity contribution is 1.11. The second kappa shape index (κ2) is 6.05. The van der Waals surface area contributed by atoms with E-state index in [0.29, 0.717) is 6.54 Å². The van der Waals surface area contributed by atoms with Gasteiger partial charge >= 0.3 is 0 Å². The highest BCUT2D eigenvalue weighted by molar-refractivity contribution is 5.56. The summed E-state index contributed by atoms with van der Waals surface area (Å²) in [6, 6.07) is 17.7. The van der Waals surface area contributed by atoms with Gasteiger partial charge in [-0.1, -0.05) is 48.5 Å². The summed E-state index contributed by atoms with van der Waals surface area (Å²) in [6.07, 6.45) is 3.57. The van der Waals surface area contributed by atoms with Crippen molar-refractivity contribution in [2.75, 3.05) is 11.1 Å². The largest absolute Gasteiger partial charge is 0.398 e. The molecule has 0 atom stereocenters. The Hall–Kier alpha value is -2.88. The summed E-state index contributed by atoms with van der Waals surface area (Å²) >= 11 is 0. The summed E-state index contributed by atoms with van der Waals surface area (Å²) in [4.78, 5) is 8.76. The van der Waals surface area contributed by atoms with Crippen LogP contribution in [0.3, 0.4) is 0 Å². The summed E-state index contributed by atoms with van der Waals surface area (Å²) in [7, 11) is 0. The van der Waals surface area contributed by atoms with E-state index in [0.717, 1.165) is 28.3 Å². The normalized spacial score (nSPS) is 10.3. The first-order valence-corrected chi connectivity index (χ1v) is 6.77. The van der Waals surface area contributed by atoms with Crippen LogP contribution in [-0.2, 0) is 6.54 Å². The van der Waals surface area contributed by atoms with E-state index in [9.17, 15) is 0 Å². The van der Waals surface area contributed by atoms with Crippen LogP contribution in [0.5, 0.6) is 0 Å². The third kappa shape index (κ3) is 3.17. The summed E-state index contributed by atoms with van der Waals surface area (Å²) in [5, 5.41) is 3.28. The zero-order valence-electron chi connectivity index (χ0n) is 11.5. The molecule has 0 saturated heterocycles. The average molecular weight is 276 g/mol. The molecule has 21 heavy (non-hydrogen) atoms. The molecule has 0 fully saturated rings.